The van der Waals surface area contributed by atoms with Crippen molar-refractivity contribution in [3.05, 3.63) is 66.0 Å². The van der Waals surface area contributed by atoms with E-state index in [9.17, 15) is 0 Å². The molecule has 2 nitrogen and oxygen atoms in total. The van der Waals surface area contributed by atoms with Gasteiger partial charge in [0.25, 0.3) is 0 Å². The van der Waals surface area contributed by atoms with Gasteiger partial charge in [-0.3, -0.25) is 9.98 Å². The molecule has 0 spiro atoms. The van der Waals surface area contributed by atoms with E-state index in [0.717, 1.165) is 18.4 Å². The average molecular weight is 222 g/mol. The van der Waals surface area contributed by atoms with Crippen molar-refractivity contribution in [2.45, 2.75) is 18.9 Å². The summed E-state index contributed by atoms with van der Waals surface area (Å²) in [5.74, 6) is 0. The number of nitrogens with zero attached hydrogens (tertiary/aromatic N) is 2. The van der Waals surface area contributed by atoms with Crippen molar-refractivity contribution < 1.29 is 0 Å². The normalized spacial score (nSPS) is 19.1. The SMILES string of the molecule is c1ccc(C2CCC(c3cccnc3)=N2)cc1. The van der Waals surface area contributed by atoms with Gasteiger partial charge in [0.2, 0.25) is 0 Å². The minimum Gasteiger partial charge on any atom is -0.281 e. The maximum absolute atomic E-state index is 4.81. The lowest BCUT2D eigenvalue weighted by atomic mass is 10.0. The van der Waals surface area contributed by atoms with Gasteiger partial charge in [0.15, 0.2) is 0 Å². The van der Waals surface area contributed by atoms with Gasteiger partial charge in [0.1, 0.15) is 0 Å². The fourth-order valence-corrected chi connectivity index (χ4v) is 2.26. The molecule has 1 aromatic carbocycles. The summed E-state index contributed by atoms with van der Waals surface area (Å²) in [6.45, 7) is 0. The maximum atomic E-state index is 4.81. The highest BCUT2D eigenvalue weighted by molar-refractivity contribution is 6.01. The Kier molecular flexibility index (Phi) is 2.70. The minimum atomic E-state index is 0.325. The van der Waals surface area contributed by atoms with Gasteiger partial charge in [0.05, 0.1) is 6.04 Å². The third kappa shape index (κ3) is 2.11. The summed E-state index contributed by atoms with van der Waals surface area (Å²) in [5.41, 5.74) is 3.66. The number of aliphatic imine (C=N–C) groups is 1. The molecule has 1 unspecified atom stereocenters. The first kappa shape index (κ1) is 10.2. The molecule has 17 heavy (non-hydrogen) atoms. The minimum absolute atomic E-state index is 0.325. The first-order valence-electron chi connectivity index (χ1n) is 5.95. The standard InChI is InChI=1S/C15H14N2/c1-2-5-12(6-3-1)14-8-9-15(17-14)13-7-4-10-16-11-13/h1-7,10-11,14H,8-9H2. The summed E-state index contributed by atoms with van der Waals surface area (Å²) in [6.07, 6.45) is 5.85. The van der Waals surface area contributed by atoms with Gasteiger partial charge in [-0.1, -0.05) is 36.4 Å². The fourth-order valence-electron chi connectivity index (χ4n) is 2.26. The smallest absolute Gasteiger partial charge is 0.0756 e. The monoisotopic (exact) mass is 222 g/mol. The number of pyridine rings is 1. The molecule has 0 aliphatic carbocycles. The van der Waals surface area contributed by atoms with Crippen molar-refractivity contribution in [1.29, 1.82) is 0 Å². The lowest BCUT2D eigenvalue weighted by molar-refractivity contribution is 0.723. The van der Waals surface area contributed by atoms with E-state index in [2.05, 4.69) is 35.3 Å². The van der Waals surface area contributed by atoms with Crippen molar-refractivity contribution in [3.8, 4) is 0 Å². The lowest BCUT2D eigenvalue weighted by Gasteiger charge is -2.05. The molecule has 1 aliphatic heterocycles. The molecular weight excluding hydrogens is 208 g/mol. The van der Waals surface area contributed by atoms with Gasteiger partial charge in [-0.2, -0.15) is 0 Å². The summed E-state index contributed by atoms with van der Waals surface area (Å²) in [6, 6.07) is 14.9. The predicted octanol–water partition coefficient (Wildman–Crippen LogP) is 3.41. The Labute approximate surface area is 101 Å². The van der Waals surface area contributed by atoms with Crippen LogP contribution in [0.3, 0.4) is 0 Å². The molecule has 84 valence electrons. The third-order valence-corrected chi connectivity index (χ3v) is 3.15. The zero-order valence-corrected chi connectivity index (χ0v) is 9.58. The lowest BCUT2D eigenvalue weighted by Crippen LogP contribution is -1.95. The van der Waals surface area contributed by atoms with Crippen molar-refractivity contribution in [2.75, 3.05) is 0 Å². The first-order chi connectivity index (χ1) is 8.43. The van der Waals surface area contributed by atoms with Crippen LogP contribution in [0.25, 0.3) is 0 Å². The van der Waals surface area contributed by atoms with Gasteiger partial charge < -0.3 is 0 Å². The first-order valence-corrected chi connectivity index (χ1v) is 5.95. The van der Waals surface area contributed by atoms with Crippen molar-refractivity contribution in [3.63, 3.8) is 0 Å². The molecule has 0 saturated carbocycles. The second-order valence-electron chi connectivity index (χ2n) is 4.28. The Balaban J connectivity index is 1.87. The molecule has 2 heterocycles. The Morgan fingerprint density at radius 1 is 1.00 bits per heavy atom. The fraction of sp³-hybridized carbons (Fsp3) is 0.200. The topological polar surface area (TPSA) is 25.2 Å². The van der Waals surface area contributed by atoms with Crippen LogP contribution in [0.4, 0.5) is 0 Å². The maximum Gasteiger partial charge on any atom is 0.0756 e. The summed E-state index contributed by atoms with van der Waals surface area (Å²) in [7, 11) is 0. The zero-order valence-electron chi connectivity index (χ0n) is 9.58. The van der Waals surface area contributed by atoms with Crippen LogP contribution >= 0.6 is 0 Å². The van der Waals surface area contributed by atoms with Crippen LogP contribution in [0.15, 0.2) is 59.9 Å². The number of aromatic nitrogens is 1. The molecule has 2 aromatic rings. The summed E-state index contributed by atoms with van der Waals surface area (Å²) < 4.78 is 0. The van der Waals surface area contributed by atoms with E-state index in [1.165, 1.54) is 11.3 Å². The highest BCUT2D eigenvalue weighted by Crippen LogP contribution is 2.30. The second-order valence-corrected chi connectivity index (χ2v) is 4.28. The number of hydrogen-bond donors (Lipinski definition) is 0. The molecule has 3 rings (SSSR count). The van der Waals surface area contributed by atoms with E-state index in [1.807, 2.05) is 18.3 Å². The van der Waals surface area contributed by atoms with Crippen LogP contribution in [0.5, 0.6) is 0 Å². The van der Waals surface area contributed by atoms with E-state index in [1.54, 1.807) is 6.20 Å². The molecule has 0 bridgehead atoms. The Morgan fingerprint density at radius 2 is 1.88 bits per heavy atom. The Bertz CT molecular complexity index is 517. The van der Waals surface area contributed by atoms with Gasteiger partial charge in [-0.25, -0.2) is 0 Å². The van der Waals surface area contributed by atoms with Crippen LogP contribution in [0.1, 0.15) is 30.0 Å². The molecule has 0 radical (unpaired) electrons. The van der Waals surface area contributed by atoms with E-state index in [-0.39, 0.29) is 0 Å². The van der Waals surface area contributed by atoms with E-state index < -0.39 is 0 Å². The average Bonchev–Trinajstić information content (AvgIpc) is 2.90. The number of benzene rings is 1. The van der Waals surface area contributed by atoms with Gasteiger partial charge in [0, 0.05) is 23.7 Å². The van der Waals surface area contributed by atoms with Gasteiger partial charge in [-0.05, 0) is 24.5 Å². The number of hydrogen-bond acceptors (Lipinski definition) is 2. The van der Waals surface area contributed by atoms with E-state index in [4.69, 9.17) is 4.99 Å². The summed E-state index contributed by atoms with van der Waals surface area (Å²) in [4.78, 5) is 8.95. The Morgan fingerprint density at radius 3 is 2.65 bits per heavy atom. The Hall–Kier alpha value is -1.96. The van der Waals surface area contributed by atoms with E-state index in [0.29, 0.717) is 6.04 Å². The zero-order chi connectivity index (χ0) is 11.5. The molecule has 0 saturated heterocycles. The van der Waals surface area contributed by atoms with Crippen LogP contribution in [-0.4, -0.2) is 10.7 Å². The second kappa shape index (κ2) is 4.50. The van der Waals surface area contributed by atoms with Crippen molar-refractivity contribution in [2.24, 2.45) is 4.99 Å². The van der Waals surface area contributed by atoms with E-state index >= 15 is 0 Å². The van der Waals surface area contributed by atoms with Crippen LogP contribution in [0.2, 0.25) is 0 Å². The summed E-state index contributed by atoms with van der Waals surface area (Å²) >= 11 is 0. The predicted molar refractivity (Wildman–Crippen MR) is 69.2 cm³/mol. The molecule has 2 heteroatoms. The number of rotatable bonds is 2. The highest BCUT2D eigenvalue weighted by atomic mass is 14.8. The van der Waals surface area contributed by atoms with Crippen LogP contribution in [-0.2, 0) is 0 Å². The van der Waals surface area contributed by atoms with Crippen molar-refractivity contribution in [1.82, 2.24) is 4.98 Å². The van der Waals surface area contributed by atoms with Gasteiger partial charge >= 0.3 is 0 Å². The molecule has 1 aromatic heterocycles. The van der Waals surface area contributed by atoms with Crippen LogP contribution < -0.4 is 0 Å². The molecule has 1 atom stereocenters. The van der Waals surface area contributed by atoms with Crippen LogP contribution in [0, 0.1) is 0 Å². The highest BCUT2D eigenvalue weighted by Gasteiger charge is 2.19. The summed E-state index contributed by atoms with van der Waals surface area (Å²) in [5, 5.41) is 0. The largest absolute Gasteiger partial charge is 0.281 e. The molecule has 1 aliphatic rings. The third-order valence-electron chi connectivity index (χ3n) is 3.15. The molecule has 0 fully saturated rings. The quantitative estimate of drug-likeness (QED) is 0.764. The van der Waals surface area contributed by atoms with Crippen molar-refractivity contribution >= 4 is 5.71 Å². The molecular formula is C15H14N2. The molecule has 0 amide bonds. The van der Waals surface area contributed by atoms with Gasteiger partial charge in [-0.15, -0.1) is 0 Å². The molecule has 0 N–H and O–H groups in total.